The van der Waals surface area contributed by atoms with Crippen LogP contribution in [-0.2, 0) is 0 Å². The Kier molecular flexibility index (Phi) is 7.81. The molecule has 1 aromatic rings. The molecule has 1 nitrogen and oxygen atoms in total. The van der Waals surface area contributed by atoms with Crippen LogP contribution in [0, 0.1) is 12.8 Å². The van der Waals surface area contributed by atoms with Crippen LogP contribution in [0.3, 0.4) is 0 Å². The summed E-state index contributed by atoms with van der Waals surface area (Å²) in [5, 5.41) is 3.63. The van der Waals surface area contributed by atoms with Crippen LogP contribution in [0.1, 0.15) is 63.5 Å². The zero-order valence-corrected chi connectivity index (χ0v) is 13.2. The summed E-state index contributed by atoms with van der Waals surface area (Å²) in [5.41, 5.74) is 2.88. The average Bonchev–Trinajstić information content (AvgIpc) is 2.37. The van der Waals surface area contributed by atoms with E-state index in [9.17, 15) is 0 Å². The van der Waals surface area contributed by atoms with Crippen LogP contribution in [0.15, 0.2) is 24.3 Å². The molecule has 0 saturated carbocycles. The first kappa shape index (κ1) is 16.2. The van der Waals surface area contributed by atoms with Gasteiger partial charge in [0, 0.05) is 6.54 Å². The van der Waals surface area contributed by atoms with E-state index in [0.29, 0.717) is 5.92 Å². The first-order valence-corrected chi connectivity index (χ1v) is 7.90. The molecule has 0 heterocycles. The summed E-state index contributed by atoms with van der Waals surface area (Å²) in [6, 6.07) is 9.03. The van der Waals surface area contributed by atoms with Gasteiger partial charge in [-0.3, -0.25) is 0 Å². The van der Waals surface area contributed by atoms with Gasteiger partial charge in [-0.1, -0.05) is 69.9 Å². The highest BCUT2D eigenvalue weighted by atomic mass is 14.9. The molecule has 1 atom stereocenters. The van der Waals surface area contributed by atoms with E-state index in [1.807, 2.05) is 0 Å². The van der Waals surface area contributed by atoms with Gasteiger partial charge < -0.3 is 5.32 Å². The number of benzene rings is 1. The van der Waals surface area contributed by atoms with E-state index < -0.39 is 0 Å². The molecule has 0 aliphatic rings. The van der Waals surface area contributed by atoms with Gasteiger partial charge in [-0.15, -0.1) is 0 Å². The van der Waals surface area contributed by atoms with Crippen molar-refractivity contribution in [3.63, 3.8) is 0 Å². The summed E-state index contributed by atoms with van der Waals surface area (Å²) in [6.45, 7) is 11.2. The van der Waals surface area contributed by atoms with Crippen LogP contribution in [-0.4, -0.2) is 13.1 Å². The number of hydrogen-bond donors (Lipinski definition) is 1. The Balaban J connectivity index is 2.57. The van der Waals surface area contributed by atoms with Crippen molar-refractivity contribution < 1.29 is 0 Å². The predicted octanol–water partition coefficient (Wildman–Crippen LogP) is 4.90. The molecule has 19 heavy (non-hydrogen) atoms. The van der Waals surface area contributed by atoms with Crippen LogP contribution in [0.2, 0.25) is 0 Å². The Morgan fingerprint density at radius 3 is 2.53 bits per heavy atom. The van der Waals surface area contributed by atoms with Gasteiger partial charge >= 0.3 is 0 Å². The Labute approximate surface area is 119 Å². The van der Waals surface area contributed by atoms with Crippen molar-refractivity contribution >= 4 is 0 Å². The highest BCUT2D eigenvalue weighted by Gasteiger charge is 2.11. The fourth-order valence-corrected chi connectivity index (χ4v) is 2.50. The van der Waals surface area contributed by atoms with Gasteiger partial charge in [0.15, 0.2) is 0 Å². The second-order valence-electron chi connectivity index (χ2n) is 6.16. The van der Waals surface area contributed by atoms with Crippen molar-refractivity contribution in [1.29, 1.82) is 0 Å². The third kappa shape index (κ3) is 6.77. The molecular weight excluding hydrogens is 230 g/mol. The molecule has 1 aromatic carbocycles. The van der Waals surface area contributed by atoms with Crippen molar-refractivity contribution in [3.8, 4) is 0 Å². The number of hydrogen-bond acceptors (Lipinski definition) is 1. The lowest BCUT2D eigenvalue weighted by Crippen LogP contribution is -2.25. The molecule has 108 valence electrons. The molecule has 0 fully saturated rings. The molecule has 0 radical (unpaired) electrons. The molecule has 1 N–H and O–H groups in total. The Hall–Kier alpha value is -0.820. The minimum atomic E-state index is 0.671. The monoisotopic (exact) mass is 261 g/mol. The average molecular weight is 261 g/mol. The molecule has 0 spiro atoms. The molecule has 0 aromatic heterocycles. The maximum absolute atomic E-state index is 3.63. The molecule has 1 heteroatoms. The number of unbranched alkanes of at least 4 members (excludes halogenated alkanes) is 2. The first-order valence-electron chi connectivity index (χ1n) is 7.90. The fraction of sp³-hybridized carbons (Fsp3) is 0.667. The SMILES string of the molecule is CCCCCC(CNCC(C)C)c1cccc(C)c1. The molecule has 1 unspecified atom stereocenters. The standard InChI is InChI=1S/C18H31N/c1-5-6-7-10-18(14-19-13-15(2)3)17-11-8-9-16(4)12-17/h8-9,11-12,15,18-19H,5-7,10,13-14H2,1-4H3. The minimum Gasteiger partial charge on any atom is -0.316 e. The van der Waals surface area contributed by atoms with E-state index >= 15 is 0 Å². The van der Waals surface area contributed by atoms with Crippen molar-refractivity contribution in [2.24, 2.45) is 5.92 Å². The molecule has 0 aliphatic heterocycles. The summed E-state index contributed by atoms with van der Waals surface area (Å²) < 4.78 is 0. The van der Waals surface area contributed by atoms with Gasteiger partial charge in [0.2, 0.25) is 0 Å². The first-order chi connectivity index (χ1) is 9.13. The zero-order chi connectivity index (χ0) is 14.1. The molecule has 0 amide bonds. The van der Waals surface area contributed by atoms with Crippen molar-refractivity contribution in [2.75, 3.05) is 13.1 Å². The summed E-state index contributed by atoms with van der Waals surface area (Å²) in [4.78, 5) is 0. The lowest BCUT2D eigenvalue weighted by molar-refractivity contribution is 0.486. The van der Waals surface area contributed by atoms with E-state index in [1.54, 1.807) is 0 Å². The van der Waals surface area contributed by atoms with Crippen molar-refractivity contribution in [1.82, 2.24) is 5.32 Å². The van der Waals surface area contributed by atoms with Gasteiger partial charge in [-0.2, -0.15) is 0 Å². The van der Waals surface area contributed by atoms with Crippen molar-refractivity contribution in [3.05, 3.63) is 35.4 Å². The van der Waals surface area contributed by atoms with Crippen LogP contribution >= 0.6 is 0 Å². The second kappa shape index (κ2) is 9.14. The van der Waals surface area contributed by atoms with Gasteiger partial charge in [0.05, 0.1) is 0 Å². The topological polar surface area (TPSA) is 12.0 Å². The Morgan fingerprint density at radius 2 is 1.89 bits per heavy atom. The van der Waals surface area contributed by atoms with E-state index in [-0.39, 0.29) is 0 Å². The van der Waals surface area contributed by atoms with Gasteiger partial charge in [-0.25, -0.2) is 0 Å². The number of rotatable bonds is 9. The van der Waals surface area contributed by atoms with E-state index in [4.69, 9.17) is 0 Å². The van der Waals surface area contributed by atoms with Crippen LogP contribution < -0.4 is 5.32 Å². The highest BCUT2D eigenvalue weighted by molar-refractivity contribution is 5.25. The molecule has 0 bridgehead atoms. The summed E-state index contributed by atoms with van der Waals surface area (Å²) >= 11 is 0. The van der Waals surface area contributed by atoms with Crippen molar-refractivity contribution in [2.45, 2.75) is 59.3 Å². The lowest BCUT2D eigenvalue weighted by atomic mass is 9.92. The molecule has 0 aliphatic carbocycles. The summed E-state index contributed by atoms with van der Waals surface area (Å²) in [5.74, 6) is 1.40. The van der Waals surface area contributed by atoms with E-state index in [2.05, 4.69) is 57.3 Å². The smallest absolute Gasteiger partial charge is 0.00202 e. The second-order valence-corrected chi connectivity index (χ2v) is 6.16. The molecular formula is C18H31N. The van der Waals surface area contributed by atoms with E-state index in [1.165, 1.54) is 36.8 Å². The highest BCUT2D eigenvalue weighted by Crippen LogP contribution is 2.22. The van der Waals surface area contributed by atoms with E-state index in [0.717, 1.165) is 19.0 Å². The third-order valence-corrected chi connectivity index (χ3v) is 3.61. The Morgan fingerprint density at radius 1 is 1.11 bits per heavy atom. The number of aryl methyl sites for hydroxylation is 1. The lowest BCUT2D eigenvalue weighted by Gasteiger charge is -2.19. The summed E-state index contributed by atoms with van der Waals surface area (Å²) in [6.07, 6.45) is 5.31. The largest absolute Gasteiger partial charge is 0.316 e. The minimum absolute atomic E-state index is 0.671. The quantitative estimate of drug-likeness (QED) is 0.623. The molecule has 0 saturated heterocycles. The normalized spacial score (nSPS) is 12.9. The predicted molar refractivity (Wildman–Crippen MR) is 85.8 cm³/mol. The van der Waals surface area contributed by atoms with Crippen LogP contribution in [0.5, 0.6) is 0 Å². The zero-order valence-electron chi connectivity index (χ0n) is 13.2. The number of nitrogens with one attached hydrogen (secondary N) is 1. The van der Waals surface area contributed by atoms with Gasteiger partial charge in [0.25, 0.3) is 0 Å². The van der Waals surface area contributed by atoms with Gasteiger partial charge in [0.1, 0.15) is 0 Å². The Bertz CT molecular complexity index is 343. The third-order valence-electron chi connectivity index (χ3n) is 3.61. The maximum Gasteiger partial charge on any atom is 0.00202 e. The maximum atomic E-state index is 3.63. The summed E-state index contributed by atoms with van der Waals surface area (Å²) in [7, 11) is 0. The fourth-order valence-electron chi connectivity index (χ4n) is 2.50. The van der Waals surface area contributed by atoms with Crippen LogP contribution in [0.25, 0.3) is 0 Å². The molecule has 1 rings (SSSR count). The van der Waals surface area contributed by atoms with Gasteiger partial charge in [-0.05, 0) is 37.3 Å². The van der Waals surface area contributed by atoms with Crippen LogP contribution in [0.4, 0.5) is 0 Å².